The summed E-state index contributed by atoms with van der Waals surface area (Å²) in [6.07, 6.45) is 0. The first-order valence-corrected chi connectivity index (χ1v) is 6.54. The fourth-order valence-corrected chi connectivity index (χ4v) is 2.44. The van der Waals surface area contributed by atoms with Crippen molar-refractivity contribution in [1.82, 2.24) is 0 Å². The van der Waals surface area contributed by atoms with E-state index in [9.17, 15) is 9.18 Å². The van der Waals surface area contributed by atoms with Crippen LogP contribution in [0.2, 0.25) is 0 Å². The van der Waals surface area contributed by atoms with E-state index in [4.69, 9.17) is 0 Å². The third kappa shape index (κ3) is 2.87. The van der Waals surface area contributed by atoms with Crippen LogP contribution in [0.1, 0.15) is 32.6 Å². The lowest BCUT2D eigenvalue weighted by molar-refractivity contribution is 0.102. The molecule has 20 heavy (non-hydrogen) atoms. The van der Waals surface area contributed by atoms with Crippen LogP contribution in [0.4, 0.5) is 10.1 Å². The van der Waals surface area contributed by atoms with Crippen LogP contribution in [0.15, 0.2) is 30.3 Å². The van der Waals surface area contributed by atoms with Gasteiger partial charge in [0, 0.05) is 5.56 Å². The van der Waals surface area contributed by atoms with E-state index in [1.807, 2.05) is 39.8 Å². The molecular weight excluding hydrogens is 253 g/mol. The Balaban J connectivity index is 2.33. The minimum Gasteiger partial charge on any atom is -0.319 e. The van der Waals surface area contributed by atoms with Crippen LogP contribution in [0.5, 0.6) is 0 Å². The molecule has 1 N–H and O–H groups in total. The number of carbonyl (C=O) groups is 1. The molecule has 0 bridgehead atoms. The molecule has 0 fully saturated rings. The Hall–Kier alpha value is -2.16. The van der Waals surface area contributed by atoms with Gasteiger partial charge < -0.3 is 5.32 Å². The number of carbonyl (C=O) groups excluding carboxylic acids is 1. The molecule has 0 heterocycles. The van der Waals surface area contributed by atoms with Crippen LogP contribution >= 0.6 is 0 Å². The highest BCUT2D eigenvalue weighted by Crippen LogP contribution is 2.20. The highest BCUT2D eigenvalue weighted by atomic mass is 19.1. The van der Waals surface area contributed by atoms with Gasteiger partial charge in [-0.15, -0.1) is 0 Å². The minimum absolute atomic E-state index is 0.208. The van der Waals surface area contributed by atoms with Crippen molar-refractivity contribution in [1.29, 1.82) is 0 Å². The fourth-order valence-electron chi connectivity index (χ4n) is 2.44. The Morgan fingerprint density at radius 2 is 1.55 bits per heavy atom. The number of halogens is 1. The molecule has 3 heteroatoms. The Labute approximate surface area is 118 Å². The molecule has 2 aromatic carbocycles. The van der Waals surface area contributed by atoms with Crippen LogP contribution in [0.25, 0.3) is 0 Å². The van der Waals surface area contributed by atoms with Crippen LogP contribution in [0, 0.1) is 33.5 Å². The van der Waals surface area contributed by atoms with Gasteiger partial charge >= 0.3 is 0 Å². The summed E-state index contributed by atoms with van der Waals surface area (Å²) in [7, 11) is 0. The molecule has 0 atom stereocenters. The average Bonchev–Trinajstić information content (AvgIpc) is 2.31. The number of benzene rings is 2. The molecule has 0 aliphatic rings. The smallest absolute Gasteiger partial charge is 0.256 e. The Morgan fingerprint density at radius 1 is 0.950 bits per heavy atom. The first kappa shape index (κ1) is 14.3. The summed E-state index contributed by atoms with van der Waals surface area (Å²) >= 11 is 0. The summed E-state index contributed by atoms with van der Waals surface area (Å²) < 4.78 is 13.8. The van der Waals surface area contributed by atoms with Gasteiger partial charge in [-0.05, 0) is 56.5 Å². The normalized spacial score (nSPS) is 10.4. The molecule has 0 aromatic heterocycles. The third-order valence-electron chi connectivity index (χ3n) is 3.28. The molecule has 0 radical (unpaired) electrons. The monoisotopic (exact) mass is 271 g/mol. The molecule has 2 nitrogen and oxygen atoms in total. The molecule has 0 saturated heterocycles. The van der Waals surface area contributed by atoms with Crippen molar-refractivity contribution >= 4 is 11.6 Å². The molecule has 0 saturated carbocycles. The summed E-state index contributed by atoms with van der Waals surface area (Å²) in [5, 5.41) is 2.64. The number of nitrogens with one attached hydrogen (secondary N) is 1. The zero-order valence-corrected chi connectivity index (χ0v) is 12.2. The van der Waals surface area contributed by atoms with Gasteiger partial charge in [-0.2, -0.15) is 0 Å². The number of hydrogen-bond donors (Lipinski definition) is 1. The van der Waals surface area contributed by atoms with Crippen molar-refractivity contribution in [2.24, 2.45) is 0 Å². The molecule has 0 spiro atoms. The predicted molar refractivity (Wildman–Crippen MR) is 79.7 cm³/mol. The number of hydrogen-bond acceptors (Lipinski definition) is 1. The fraction of sp³-hybridized carbons (Fsp3) is 0.235. The maximum Gasteiger partial charge on any atom is 0.256 e. The molecule has 2 rings (SSSR count). The second kappa shape index (κ2) is 5.45. The topological polar surface area (TPSA) is 29.1 Å². The van der Waals surface area contributed by atoms with Crippen molar-refractivity contribution in [3.05, 3.63) is 64.0 Å². The van der Waals surface area contributed by atoms with E-state index < -0.39 is 5.82 Å². The van der Waals surface area contributed by atoms with E-state index in [1.54, 1.807) is 12.1 Å². The first-order valence-electron chi connectivity index (χ1n) is 6.54. The second-order valence-electron chi connectivity index (χ2n) is 5.21. The van der Waals surface area contributed by atoms with E-state index in [-0.39, 0.29) is 11.6 Å². The Morgan fingerprint density at radius 3 is 2.10 bits per heavy atom. The van der Waals surface area contributed by atoms with E-state index in [1.165, 1.54) is 6.07 Å². The molecule has 0 aliphatic carbocycles. The largest absolute Gasteiger partial charge is 0.319 e. The van der Waals surface area contributed by atoms with Crippen molar-refractivity contribution in [2.45, 2.75) is 27.7 Å². The maximum atomic E-state index is 13.8. The van der Waals surface area contributed by atoms with Crippen molar-refractivity contribution < 1.29 is 9.18 Å². The standard InChI is InChI=1S/C17H18FNO/c1-10-5-6-15(14(18)9-10)19-17(20)16-12(3)7-11(2)8-13(16)4/h5-9H,1-4H3,(H,19,20). The molecule has 0 aliphatic heterocycles. The van der Waals surface area contributed by atoms with E-state index in [0.717, 1.165) is 22.3 Å². The van der Waals surface area contributed by atoms with E-state index in [2.05, 4.69) is 5.32 Å². The minimum atomic E-state index is -0.416. The predicted octanol–water partition coefficient (Wildman–Crippen LogP) is 4.31. The van der Waals surface area contributed by atoms with Gasteiger partial charge in [-0.1, -0.05) is 23.8 Å². The summed E-state index contributed by atoms with van der Waals surface area (Å²) in [4.78, 5) is 12.3. The highest BCUT2D eigenvalue weighted by Gasteiger charge is 2.14. The summed E-state index contributed by atoms with van der Waals surface area (Å²) in [6.45, 7) is 7.57. The molecule has 0 unspecified atom stereocenters. The van der Waals surface area contributed by atoms with Gasteiger partial charge in [0.15, 0.2) is 0 Å². The summed E-state index contributed by atoms with van der Waals surface area (Å²) in [5.41, 5.74) is 4.54. The summed E-state index contributed by atoms with van der Waals surface area (Å²) in [5.74, 6) is -0.691. The highest BCUT2D eigenvalue weighted by molar-refractivity contribution is 6.06. The zero-order valence-electron chi connectivity index (χ0n) is 12.2. The lowest BCUT2D eigenvalue weighted by Gasteiger charge is -2.12. The Bertz CT molecular complexity index is 654. The number of aryl methyl sites for hydroxylation is 4. The van der Waals surface area contributed by atoms with Crippen LogP contribution in [-0.4, -0.2) is 5.91 Å². The lowest BCUT2D eigenvalue weighted by Crippen LogP contribution is -2.16. The second-order valence-corrected chi connectivity index (χ2v) is 5.21. The summed E-state index contributed by atoms with van der Waals surface area (Å²) in [6, 6.07) is 8.67. The van der Waals surface area contributed by atoms with Crippen LogP contribution < -0.4 is 5.32 Å². The van der Waals surface area contributed by atoms with Crippen molar-refractivity contribution in [2.75, 3.05) is 5.32 Å². The zero-order chi connectivity index (χ0) is 14.9. The molecule has 2 aromatic rings. The molecule has 1 amide bonds. The quantitative estimate of drug-likeness (QED) is 0.866. The van der Waals surface area contributed by atoms with Crippen LogP contribution in [-0.2, 0) is 0 Å². The molecule has 104 valence electrons. The van der Waals surface area contributed by atoms with Gasteiger partial charge in [0.05, 0.1) is 5.69 Å². The Kier molecular flexibility index (Phi) is 3.89. The SMILES string of the molecule is Cc1cc(C)c(C(=O)Nc2ccc(C)cc2F)c(C)c1. The van der Waals surface area contributed by atoms with Crippen molar-refractivity contribution in [3.8, 4) is 0 Å². The number of rotatable bonds is 2. The third-order valence-corrected chi connectivity index (χ3v) is 3.28. The van der Waals surface area contributed by atoms with E-state index in [0.29, 0.717) is 5.56 Å². The van der Waals surface area contributed by atoms with Gasteiger partial charge in [0.1, 0.15) is 5.82 Å². The van der Waals surface area contributed by atoms with Crippen LogP contribution in [0.3, 0.4) is 0 Å². The van der Waals surface area contributed by atoms with Crippen molar-refractivity contribution in [3.63, 3.8) is 0 Å². The first-order chi connectivity index (χ1) is 9.38. The lowest BCUT2D eigenvalue weighted by atomic mass is 9.99. The maximum absolute atomic E-state index is 13.8. The molecular formula is C17H18FNO. The van der Waals surface area contributed by atoms with Gasteiger partial charge in [-0.25, -0.2) is 4.39 Å². The number of anilines is 1. The van der Waals surface area contributed by atoms with E-state index >= 15 is 0 Å². The average molecular weight is 271 g/mol. The van der Waals surface area contributed by atoms with Gasteiger partial charge in [0.2, 0.25) is 0 Å². The number of amides is 1. The van der Waals surface area contributed by atoms with Gasteiger partial charge in [-0.3, -0.25) is 4.79 Å². The van der Waals surface area contributed by atoms with Gasteiger partial charge in [0.25, 0.3) is 5.91 Å².